The quantitative estimate of drug-likeness (QED) is 0.773. The molecule has 1 aromatic carbocycles. The molecule has 3 amide bonds. The molecule has 0 fully saturated rings. The number of nitrogens with zero attached hydrogens (tertiary/aromatic N) is 1. The topological polar surface area (TPSA) is 78.5 Å². The molecule has 23 heavy (non-hydrogen) atoms. The number of halogens is 2. The first-order valence-electron chi connectivity index (χ1n) is 7.16. The van der Waals surface area contributed by atoms with Gasteiger partial charge >= 0.3 is 0 Å². The second-order valence-electron chi connectivity index (χ2n) is 4.67. The number of likely N-dealkylation sites (N-methyl/N-ethyl adjacent to an activating group) is 2. The lowest BCUT2D eigenvalue weighted by Gasteiger charge is -2.20. The van der Waals surface area contributed by atoms with Crippen molar-refractivity contribution in [2.45, 2.75) is 13.8 Å². The molecule has 0 aliphatic carbocycles. The van der Waals surface area contributed by atoms with E-state index in [9.17, 15) is 23.2 Å². The zero-order chi connectivity index (χ0) is 17.4. The van der Waals surface area contributed by atoms with Crippen LogP contribution in [-0.2, 0) is 9.59 Å². The fourth-order valence-corrected chi connectivity index (χ4v) is 1.84. The van der Waals surface area contributed by atoms with Gasteiger partial charge in [-0.2, -0.15) is 0 Å². The summed E-state index contributed by atoms with van der Waals surface area (Å²) < 4.78 is 26.2. The molecule has 1 rings (SSSR count). The standard InChI is InChI=1S/C15H19F2N3O3/c1-3-18-13(21)9-20(4-2)14(22)8-19-15(23)11-6-5-10(16)7-12(11)17/h5-7H,3-4,8-9H2,1-2H3,(H,18,21)(H,19,23). The highest BCUT2D eigenvalue weighted by atomic mass is 19.1. The molecular weight excluding hydrogens is 308 g/mol. The second-order valence-corrected chi connectivity index (χ2v) is 4.67. The summed E-state index contributed by atoms with van der Waals surface area (Å²) in [5.74, 6) is -3.42. The molecular formula is C15H19F2N3O3. The molecule has 0 atom stereocenters. The van der Waals surface area contributed by atoms with Crippen LogP contribution in [0.2, 0.25) is 0 Å². The van der Waals surface area contributed by atoms with Gasteiger partial charge in [0.2, 0.25) is 11.8 Å². The van der Waals surface area contributed by atoms with E-state index in [1.54, 1.807) is 13.8 Å². The lowest BCUT2D eigenvalue weighted by atomic mass is 10.2. The Labute approximate surface area is 132 Å². The SMILES string of the molecule is CCNC(=O)CN(CC)C(=O)CNC(=O)c1ccc(F)cc1F. The molecule has 2 N–H and O–H groups in total. The van der Waals surface area contributed by atoms with Gasteiger partial charge in [0.25, 0.3) is 5.91 Å². The van der Waals surface area contributed by atoms with Gasteiger partial charge in [0, 0.05) is 19.2 Å². The molecule has 8 heteroatoms. The van der Waals surface area contributed by atoms with Crippen molar-refractivity contribution in [1.82, 2.24) is 15.5 Å². The Morgan fingerprint density at radius 1 is 1.13 bits per heavy atom. The minimum Gasteiger partial charge on any atom is -0.355 e. The van der Waals surface area contributed by atoms with E-state index in [4.69, 9.17) is 0 Å². The molecule has 0 saturated heterocycles. The minimum absolute atomic E-state index is 0.121. The molecule has 0 unspecified atom stereocenters. The predicted octanol–water partition coefficient (Wildman–Crippen LogP) is 0.679. The van der Waals surface area contributed by atoms with Crippen molar-refractivity contribution in [2.24, 2.45) is 0 Å². The Kier molecular flexibility index (Phi) is 7.11. The number of rotatable bonds is 7. The summed E-state index contributed by atoms with van der Waals surface area (Å²) in [5.41, 5.74) is -0.356. The average molecular weight is 327 g/mol. The largest absolute Gasteiger partial charge is 0.355 e. The van der Waals surface area contributed by atoms with E-state index < -0.39 is 23.4 Å². The first kappa shape index (κ1) is 18.5. The molecule has 1 aromatic rings. The van der Waals surface area contributed by atoms with Gasteiger partial charge in [-0.15, -0.1) is 0 Å². The van der Waals surface area contributed by atoms with Gasteiger partial charge in [-0.25, -0.2) is 8.78 Å². The third-order valence-electron chi connectivity index (χ3n) is 3.02. The van der Waals surface area contributed by atoms with Crippen LogP contribution in [0.4, 0.5) is 8.78 Å². The highest BCUT2D eigenvalue weighted by molar-refractivity contribution is 5.97. The Morgan fingerprint density at radius 2 is 1.83 bits per heavy atom. The van der Waals surface area contributed by atoms with Crippen molar-refractivity contribution in [3.8, 4) is 0 Å². The smallest absolute Gasteiger partial charge is 0.254 e. The number of benzene rings is 1. The van der Waals surface area contributed by atoms with Crippen molar-refractivity contribution in [2.75, 3.05) is 26.2 Å². The number of carbonyl (C=O) groups is 3. The normalized spacial score (nSPS) is 10.1. The fraction of sp³-hybridized carbons (Fsp3) is 0.400. The molecule has 0 spiro atoms. The van der Waals surface area contributed by atoms with Crippen molar-refractivity contribution >= 4 is 17.7 Å². The lowest BCUT2D eigenvalue weighted by Crippen LogP contribution is -2.45. The highest BCUT2D eigenvalue weighted by Gasteiger charge is 2.18. The predicted molar refractivity (Wildman–Crippen MR) is 79.6 cm³/mol. The summed E-state index contributed by atoms with van der Waals surface area (Å²) in [6.07, 6.45) is 0. The van der Waals surface area contributed by atoms with Crippen LogP contribution < -0.4 is 10.6 Å². The van der Waals surface area contributed by atoms with E-state index in [1.807, 2.05) is 0 Å². The zero-order valence-electron chi connectivity index (χ0n) is 13.0. The van der Waals surface area contributed by atoms with Crippen LogP contribution in [0, 0.1) is 11.6 Å². The molecule has 6 nitrogen and oxygen atoms in total. The summed E-state index contributed by atoms with van der Waals surface area (Å²) in [5, 5.41) is 4.82. The number of nitrogens with one attached hydrogen (secondary N) is 2. The van der Waals surface area contributed by atoms with Gasteiger partial charge in [0.05, 0.1) is 18.7 Å². The van der Waals surface area contributed by atoms with Crippen molar-refractivity contribution in [3.63, 3.8) is 0 Å². The van der Waals surface area contributed by atoms with Crippen LogP contribution in [0.5, 0.6) is 0 Å². The van der Waals surface area contributed by atoms with E-state index >= 15 is 0 Å². The van der Waals surface area contributed by atoms with E-state index in [1.165, 1.54) is 4.90 Å². The number of amides is 3. The van der Waals surface area contributed by atoms with Crippen LogP contribution in [0.25, 0.3) is 0 Å². The number of hydrogen-bond acceptors (Lipinski definition) is 3. The maximum atomic E-state index is 13.5. The first-order chi connectivity index (χ1) is 10.9. The lowest BCUT2D eigenvalue weighted by molar-refractivity contribution is -0.135. The van der Waals surface area contributed by atoms with Crippen molar-refractivity contribution < 1.29 is 23.2 Å². The van der Waals surface area contributed by atoms with E-state index in [0.717, 1.165) is 12.1 Å². The van der Waals surface area contributed by atoms with Gasteiger partial charge in [-0.1, -0.05) is 0 Å². The first-order valence-corrected chi connectivity index (χ1v) is 7.16. The van der Waals surface area contributed by atoms with Crippen LogP contribution in [-0.4, -0.2) is 48.8 Å². The van der Waals surface area contributed by atoms with Crippen molar-refractivity contribution in [1.29, 1.82) is 0 Å². The summed E-state index contributed by atoms with van der Waals surface area (Å²) in [6, 6.07) is 2.54. The van der Waals surface area contributed by atoms with Gasteiger partial charge in [-0.05, 0) is 26.0 Å². The summed E-state index contributed by atoms with van der Waals surface area (Å²) in [6.45, 7) is 3.68. The highest BCUT2D eigenvalue weighted by Crippen LogP contribution is 2.09. The van der Waals surface area contributed by atoms with Gasteiger partial charge in [0.1, 0.15) is 11.6 Å². The van der Waals surface area contributed by atoms with Crippen LogP contribution in [0.1, 0.15) is 24.2 Å². The fourth-order valence-electron chi connectivity index (χ4n) is 1.84. The third kappa shape index (κ3) is 5.65. The van der Waals surface area contributed by atoms with E-state index in [0.29, 0.717) is 12.6 Å². The zero-order valence-corrected chi connectivity index (χ0v) is 13.0. The van der Waals surface area contributed by atoms with Crippen LogP contribution in [0.3, 0.4) is 0 Å². The number of hydrogen-bond donors (Lipinski definition) is 2. The number of carbonyl (C=O) groups excluding carboxylic acids is 3. The summed E-state index contributed by atoms with van der Waals surface area (Å²) in [7, 11) is 0. The van der Waals surface area contributed by atoms with Gasteiger partial charge < -0.3 is 15.5 Å². The summed E-state index contributed by atoms with van der Waals surface area (Å²) >= 11 is 0. The van der Waals surface area contributed by atoms with Crippen molar-refractivity contribution in [3.05, 3.63) is 35.4 Å². The molecule has 0 aliphatic rings. The van der Waals surface area contributed by atoms with E-state index in [2.05, 4.69) is 10.6 Å². The average Bonchev–Trinajstić information content (AvgIpc) is 2.50. The molecule has 0 saturated carbocycles. The minimum atomic E-state index is -1.01. The van der Waals surface area contributed by atoms with Gasteiger partial charge in [-0.3, -0.25) is 14.4 Å². The monoisotopic (exact) mass is 327 g/mol. The molecule has 126 valence electrons. The Balaban J connectivity index is 2.59. The molecule has 0 aromatic heterocycles. The molecule has 0 heterocycles. The van der Waals surface area contributed by atoms with Gasteiger partial charge in [0.15, 0.2) is 0 Å². The maximum Gasteiger partial charge on any atom is 0.254 e. The maximum absolute atomic E-state index is 13.5. The Morgan fingerprint density at radius 3 is 2.39 bits per heavy atom. The second kappa shape index (κ2) is 8.82. The summed E-state index contributed by atoms with van der Waals surface area (Å²) in [4.78, 5) is 36.5. The third-order valence-corrected chi connectivity index (χ3v) is 3.02. The Bertz CT molecular complexity index is 593. The molecule has 0 bridgehead atoms. The van der Waals surface area contributed by atoms with E-state index in [-0.39, 0.29) is 31.1 Å². The van der Waals surface area contributed by atoms with Crippen LogP contribution >= 0.6 is 0 Å². The molecule has 0 aliphatic heterocycles. The van der Waals surface area contributed by atoms with Crippen LogP contribution in [0.15, 0.2) is 18.2 Å². The molecule has 0 radical (unpaired) electrons. The Hall–Kier alpha value is -2.51.